The predicted molar refractivity (Wildman–Crippen MR) is 34.6 cm³/mol. The summed E-state index contributed by atoms with van der Waals surface area (Å²) in [6.07, 6.45) is 1.45. The van der Waals surface area contributed by atoms with Crippen molar-refractivity contribution in [1.29, 1.82) is 5.41 Å². The lowest BCUT2D eigenvalue weighted by molar-refractivity contribution is 0.468. The van der Waals surface area contributed by atoms with E-state index in [0.29, 0.717) is 12.0 Å². The van der Waals surface area contributed by atoms with Gasteiger partial charge in [0.05, 0.1) is 6.26 Å². The molecule has 2 nitrogen and oxygen atoms in total. The Kier molecular flexibility index (Phi) is 3.28. The number of allylic oxidation sites excluding steroid dienone is 1. The van der Waals surface area contributed by atoms with Gasteiger partial charge in [-0.05, 0) is 6.42 Å². The van der Waals surface area contributed by atoms with Crippen LogP contribution in [0.5, 0.6) is 0 Å². The lowest BCUT2D eigenvalue weighted by Crippen LogP contribution is -1.88. The number of hydrogen-bond acceptors (Lipinski definition) is 2. The summed E-state index contributed by atoms with van der Waals surface area (Å²) >= 11 is 5.20. The summed E-state index contributed by atoms with van der Waals surface area (Å²) in [5.41, 5.74) is 0.465. The molecule has 3 heteroatoms. The Labute approximate surface area is 53.3 Å². The molecular formula is C5H8ClNO. The van der Waals surface area contributed by atoms with Crippen molar-refractivity contribution in [1.82, 2.24) is 0 Å². The molecule has 0 rings (SSSR count). The maximum absolute atomic E-state index is 8.31. The van der Waals surface area contributed by atoms with Crippen molar-refractivity contribution in [3.63, 3.8) is 0 Å². The molecule has 0 fully saturated rings. The number of halogens is 1. The molecule has 0 saturated carbocycles. The number of nitrogens with one attached hydrogen (secondary N) is 1. The van der Waals surface area contributed by atoms with Gasteiger partial charge in [-0.3, -0.25) is 5.41 Å². The summed E-state index contributed by atoms with van der Waals surface area (Å²) in [6.45, 7) is 1.82. The monoisotopic (exact) mass is 133 g/mol. The van der Waals surface area contributed by atoms with E-state index in [-0.39, 0.29) is 5.17 Å². The second-order valence-corrected chi connectivity index (χ2v) is 1.70. The van der Waals surface area contributed by atoms with Crippen LogP contribution in [0.1, 0.15) is 13.3 Å². The highest BCUT2D eigenvalue weighted by Gasteiger charge is 1.95. The second-order valence-electron chi connectivity index (χ2n) is 1.32. The summed E-state index contributed by atoms with van der Waals surface area (Å²) in [7, 11) is 0. The summed E-state index contributed by atoms with van der Waals surface area (Å²) in [6, 6.07) is 0. The van der Waals surface area contributed by atoms with Crippen LogP contribution in [0.4, 0.5) is 0 Å². The molecule has 0 aliphatic rings. The van der Waals surface area contributed by atoms with E-state index in [9.17, 15) is 0 Å². The number of rotatable bonds is 2. The molecule has 0 aliphatic carbocycles. The Morgan fingerprint density at radius 1 is 1.88 bits per heavy atom. The van der Waals surface area contributed by atoms with Crippen molar-refractivity contribution in [2.45, 2.75) is 13.3 Å². The first-order chi connectivity index (χ1) is 3.72. The van der Waals surface area contributed by atoms with Gasteiger partial charge < -0.3 is 5.11 Å². The zero-order valence-corrected chi connectivity index (χ0v) is 5.37. The predicted octanol–water partition coefficient (Wildman–Crippen LogP) is 2.05. The van der Waals surface area contributed by atoms with E-state index in [1.54, 1.807) is 0 Å². The first-order valence-corrected chi connectivity index (χ1v) is 2.67. The maximum atomic E-state index is 8.31. The van der Waals surface area contributed by atoms with Crippen LogP contribution < -0.4 is 0 Å². The molecule has 2 N–H and O–H groups in total. The van der Waals surface area contributed by atoms with Gasteiger partial charge in [-0.1, -0.05) is 18.5 Å². The minimum absolute atomic E-state index is 0.0880. The molecule has 0 aromatic heterocycles. The first-order valence-electron chi connectivity index (χ1n) is 2.30. The van der Waals surface area contributed by atoms with Gasteiger partial charge in [-0.2, -0.15) is 0 Å². The Morgan fingerprint density at radius 3 is 2.38 bits per heavy atom. The molecule has 0 aromatic rings. The highest BCUT2D eigenvalue weighted by molar-refractivity contribution is 6.68. The third kappa shape index (κ3) is 1.98. The summed E-state index contributed by atoms with van der Waals surface area (Å²) in [5.74, 6) is 0. The van der Waals surface area contributed by atoms with E-state index in [1.807, 2.05) is 6.92 Å². The van der Waals surface area contributed by atoms with Gasteiger partial charge in [0.15, 0.2) is 0 Å². The molecule has 0 heterocycles. The summed E-state index contributed by atoms with van der Waals surface area (Å²) < 4.78 is 0. The minimum Gasteiger partial charge on any atom is -0.515 e. The van der Waals surface area contributed by atoms with Crippen LogP contribution in [0, 0.1) is 5.41 Å². The fraction of sp³-hybridized carbons (Fsp3) is 0.400. The summed E-state index contributed by atoms with van der Waals surface area (Å²) in [4.78, 5) is 0. The molecule has 8 heavy (non-hydrogen) atoms. The Bertz CT molecular complexity index is 120. The molecule has 0 amide bonds. The average molecular weight is 134 g/mol. The smallest absolute Gasteiger partial charge is 0.127 e. The van der Waals surface area contributed by atoms with Crippen molar-refractivity contribution < 1.29 is 5.11 Å². The lowest BCUT2D eigenvalue weighted by atomic mass is 10.2. The van der Waals surface area contributed by atoms with Gasteiger partial charge in [0.25, 0.3) is 0 Å². The van der Waals surface area contributed by atoms with E-state index in [0.717, 1.165) is 6.26 Å². The van der Waals surface area contributed by atoms with Crippen LogP contribution >= 0.6 is 11.6 Å². The fourth-order valence-electron chi connectivity index (χ4n) is 0.303. The van der Waals surface area contributed by atoms with Gasteiger partial charge in [-0.25, -0.2) is 0 Å². The molecule has 0 atom stereocenters. The lowest BCUT2D eigenvalue weighted by Gasteiger charge is -1.92. The Morgan fingerprint density at radius 2 is 2.38 bits per heavy atom. The van der Waals surface area contributed by atoms with Gasteiger partial charge in [0, 0.05) is 5.57 Å². The first kappa shape index (κ1) is 7.50. The topological polar surface area (TPSA) is 44.1 Å². The molecule has 0 saturated heterocycles. The van der Waals surface area contributed by atoms with Crippen molar-refractivity contribution >= 4 is 16.8 Å². The minimum atomic E-state index is -0.0880. The van der Waals surface area contributed by atoms with Crippen molar-refractivity contribution in [3.8, 4) is 0 Å². The van der Waals surface area contributed by atoms with Crippen molar-refractivity contribution in [2.24, 2.45) is 0 Å². The molecule has 0 radical (unpaired) electrons. The second kappa shape index (κ2) is 3.50. The Balaban J connectivity index is 3.92. The normalized spacial score (nSPS) is 11.5. The van der Waals surface area contributed by atoms with E-state index in [4.69, 9.17) is 22.1 Å². The van der Waals surface area contributed by atoms with Crippen LogP contribution in [0.3, 0.4) is 0 Å². The molecular weight excluding hydrogens is 126 g/mol. The molecule has 0 bridgehead atoms. The maximum Gasteiger partial charge on any atom is 0.127 e. The van der Waals surface area contributed by atoms with Crippen LogP contribution in [0.15, 0.2) is 11.8 Å². The van der Waals surface area contributed by atoms with Crippen LogP contribution in [-0.4, -0.2) is 10.3 Å². The SMILES string of the molecule is CCC(=CO)C(=N)Cl. The molecule has 46 valence electrons. The molecule has 0 spiro atoms. The van der Waals surface area contributed by atoms with E-state index >= 15 is 0 Å². The van der Waals surface area contributed by atoms with E-state index < -0.39 is 0 Å². The Hall–Kier alpha value is -0.500. The van der Waals surface area contributed by atoms with Gasteiger partial charge in [0.1, 0.15) is 5.17 Å². The number of aliphatic hydroxyl groups is 1. The third-order valence-corrected chi connectivity index (χ3v) is 1.06. The van der Waals surface area contributed by atoms with Crippen LogP contribution in [0.2, 0.25) is 0 Å². The largest absolute Gasteiger partial charge is 0.515 e. The molecule has 0 aliphatic heterocycles. The highest BCUT2D eigenvalue weighted by atomic mass is 35.5. The van der Waals surface area contributed by atoms with Gasteiger partial charge >= 0.3 is 0 Å². The zero-order valence-electron chi connectivity index (χ0n) is 4.61. The fourth-order valence-corrected chi connectivity index (χ4v) is 0.486. The highest BCUT2D eigenvalue weighted by Crippen LogP contribution is 2.03. The number of hydrogen-bond donors (Lipinski definition) is 2. The number of aliphatic hydroxyl groups excluding tert-OH is 1. The van der Waals surface area contributed by atoms with Crippen LogP contribution in [0.25, 0.3) is 0 Å². The van der Waals surface area contributed by atoms with E-state index in [1.165, 1.54) is 0 Å². The average Bonchev–Trinajstić information content (AvgIpc) is 1.69. The summed E-state index contributed by atoms with van der Waals surface area (Å²) in [5, 5.41) is 15.0. The van der Waals surface area contributed by atoms with Crippen LogP contribution in [-0.2, 0) is 0 Å². The quantitative estimate of drug-likeness (QED) is 0.440. The van der Waals surface area contributed by atoms with Gasteiger partial charge in [-0.15, -0.1) is 0 Å². The van der Waals surface area contributed by atoms with Crippen molar-refractivity contribution in [3.05, 3.63) is 11.8 Å². The zero-order chi connectivity index (χ0) is 6.57. The molecule has 0 aromatic carbocycles. The standard InChI is InChI=1S/C5H8ClNO/c1-2-4(3-8)5(6)7/h3,7-8H,2H2,1H3. The van der Waals surface area contributed by atoms with Crippen molar-refractivity contribution in [2.75, 3.05) is 0 Å². The molecule has 0 unspecified atom stereocenters. The van der Waals surface area contributed by atoms with E-state index in [2.05, 4.69) is 0 Å². The third-order valence-electron chi connectivity index (χ3n) is 0.819. The van der Waals surface area contributed by atoms with Gasteiger partial charge in [0.2, 0.25) is 0 Å².